The second-order valence-corrected chi connectivity index (χ2v) is 3.61. The van der Waals surface area contributed by atoms with E-state index in [-0.39, 0.29) is 0 Å². The van der Waals surface area contributed by atoms with Gasteiger partial charge in [-0.2, -0.15) is 5.26 Å². The van der Waals surface area contributed by atoms with E-state index in [9.17, 15) is 0 Å². The molecule has 0 spiro atoms. The van der Waals surface area contributed by atoms with E-state index in [4.69, 9.17) is 5.26 Å². The van der Waals surface area contributed by atoms with Crippen molar-refractivity contribution in [2.45, 2.75) is 33.1 Å². The average molecular weight is 199 g/mol. The highest BCUT2D eigenvalue weighted by molar-refractivity contribution is 5.76. The highest BCUT2D eigenvalue weighted by Gasteiger charge is 1.98. The molecule has 0 unspecified atom stereocenters. The summed E-state index contributed by atoms with van der Waals surface area (Å²) >= 11 is 0. The molecule has 1 aromatic carbocycles. The van der Waals surface area contributed by atoms with Gasteiger partial charge in [0, 0.05) is 0 Å². The Labute approximate surface area is 92.1 Å². The van der Waals surface area contributed by atoms with Crippen LogP contribution in [0.25, 0.3) is 5.57 Å². The van der Waals surface area contributed by atoms with Crippen molar-refractivity contribution in [3.05, 3.63) is 41.5 Å². The zero-order chi connectivity index (χ0) is 11.1. The molecule has 0 N–H and O–H groups in total. The van der Waals surface area contributed by atoms with Crippen LogP contribution in [-0.2, 0) is 6.42 Å². The summed E-state index contributed by atoms with van der Waals surface area (Å²) in [5.41, 5.74) is 3.12. The van der Waals surface area contributed by atoms with E-state index in [2.05, 4.69) is 25.1 Å². The first-order valence-corrected chi connectivity index (χ1v) is 5.47. The van der Waals surface area contributed by atoms with Crippen molar-refractivity contribution in [2.75, 3.05) is 0 Å². The minimum absolute atomic E-state index is 0.747. The van der Waals surface area contributed by atoms with Crippen LogP contribution in [0.4, 0.5) is 0 Å². The predicted molar refractivity (Wildman–Crippen MR) is 64.3 cm³/mol. The van der Waals surface area contributed by atoms with Gasteiger partial charge in [-0.3, -0.25) is 0 Å². The standard InChI is InChI=1S/C14H17N/c1-3-5-6-12-7-9-14(10-8-12)13(4-2)11-15/h4,7-10H,3,5-6H2,1-2H3/b13-4+. The molecule has 0 heterocycles. The Morgan fingerprint density at radius 3 is 2.47 bits per heavy atom. The minimum atomic E-state index is 0.747. The lowest BCUT2D eigenvalue weighted by Crippen LogP contribution is -1.86. The fourth-order valence-electron chi connectivity index (χ4n) is 1.53. The van der Waals surface area contributed by atoms with Gasteiger partial charge in [0.05, 0.1) is 11.6 Å². The highest BCUT2D eigenvalue weighted by atomic mass is 14.2. The summed E-state index contributed by atoms with van der Waals surface area (Å²) in [7, 11) is 0. The van der Waals surface area contributed by atoms with Gasteiger partial charge in [0.1, 0.15) is 0 Å². The van der Waals surface area contributed by atoms with Crippen molar-refractivity contribution in [3.8, 4) is 6.07 Å². The second-order valence-electron chi connectivity index (χ2n) is 3.61. The lowest BCUT2D eigenvalue weighted by molar-refractivity contribution is 0.795. The maximum atomic E-state index is 8.87. The van der Waals surface area contributed by atoms with Crippen LogP contribution in [0.2, 0.25) is 0 Å². The Bertz CT molecular complexity index is 365. The number of unbranched alkanes of at least 4 members (excludes halogenated alkanes) is 1. The average Bonchev–Trinajstić information content (AvgIpc) is 2.29. The zero-order valence-electron chi connectivity index (χ0n) is 9.46. The number of hydrogen-bond donors (Lipinski definition) is 0. The van der Waals surface area contributed by atoms with E-state index in [0.29, 0.717) is 0 Å². The van der Waals surface area contributed by atoms with Crippen molar-refractivity contribution >= 4 is 5.57 Å². The molecule has 1 heteroatoms. The Balaban J connectivity index is 2.77. The van der Waals surface area contributed by atoms with Crippen molar-refractivity contribution in [2.24, 2.45) is 0 Å². The Kier molecular flexibility index (Phi) is 4.63. The lowest BCUT2D eigenvalue weighted by Gasteiger charge is -2.02. The molecule has 0 aliphatic rings. The fraction of sp³-hybridized carbons (Fsp3) is 0.357. The molecule has 0 atom stereocenters. The first kappa shape index (κ1) is 11.5. The van der Waals surface area contributed by atoms with Crippen molar-refractivity contribution < 1.29 is 0 Å². The first-order chi connectivity index (χ1) is 7.31. The van der Waals surface area contributed by atoms with Gasteiger partial charge in [-0.1, -0.05) is 43.7 Å². The van der Waals surface area contributed by atoms with Crippen LogP contribution in [0.3, 0.4) is 0 Å². The van der Waals surface area contributed by atoms with Crippen LogP contribution in [0, 0.1) is 11.3 Å². The van der Waals surface area contributed by atoms with Gasteiger partial charge in [0.2, 0.25) is 0 Å². The summed E-state index contributed by atoms with van der Waals surface area (Å²) in [5, 5.41) is 8.87. The molecule has 15 heavy (non-hydrogen) atoms. The summed E-state index contributed by atoms with van der Waals surface area (Å²) in [6.07, 6.45) is 5.43. The number of rotatable bonds is 4. The molecule has 0 aliphatic carbocycles. The number of benzene rings is 1. The fourth-order valence-corrected chi connectivity index (χ4v) is 1.53. The molecule has 0 fully saturated rings. The molecule has 0 amide bonds. The molecule has 0 aliphatic heterocycles. The largest absolute Gasteiger partial charge is 0.192 e. The van der Waals surface area contributed by atoms with E-state index >= 15 is 0 Å². The maximum absolute atomic E-state index is 8.87. The molecule has 0 aromatic heterocycles. The Morgan fingerprint density at radius 1 is 1.33 bits per heavy atom. The van der Waals surface area contributed by atoms with E-state index in [0.717, 1.165) is 17.6 Å². The first-order valence-electron chi connectivity index (χ1n) is 5.47. The quantitative estimate of drug-likeness (QED) is 0.673. The molecule has 0 saturated heterocycles. The van der Waals surface area contributed by atoms with Crippen molar-refractivity contribution in [3.63, 3.8) is 0 Å². The van der Waals surface area contributed by atoms with Gasteiger partial charge in [0.15, 0.2) is 0 Å². The van der Waals surface area contributed by atoms with Crippen LogP contribution in [-0.4, -0.2) is 0 Å². The zero-order valence-corrected chi connectivity index (χ0v) is 9.46. The van der Waals surface area contributed by atoms with E-state index < -0.39 is 0 Å². The topological polar surface area (TPSA) is 23.8 Å². The molecule has 1 nitrogen and oxygen atoms in total. The maximum Gasteiger partial charge on any atom is 0.0994 e. The highest BCUT2D eigenvalue weighted by Crippen LogP contribution is 2.15. The summed E-state index contributed by atoms with van der Waals surface area (Å²) < 4.78 is 0. The van der Waals surface area contributed by atoms with Gasteiger partial charge < -0.3 is 0 Å². The lowest BCUT2D eigenvalue weighted by atomic mass is 10.0. The summed E-state index contributed by atoms with van der Waals surface area (Å²) in [5.74, 6) is 0. The monoisotopic (exact) mass is 199 g/mol. The molecule has 0 saturated carbocycles. The SMILES string of the molecule is C/C=C(\C#N)c1ccc(CCCC)cc1. The molecular weight excluding hydrogens is 182 g/mol. The van der Waals surface area contributed by atoms with E-state index in [1.54, 1.807) is 0 Å². The Morgan fingerprint density at radius 2 is 2.00 bits per heavy atom. The number of allylic oxidation sites excluding steroid dienone is 2. The summed E-state index contributed by atoms with van der Waals surface area (Å²) in [6, 6.07) is 10.5. The predicted octanol–water partition coefficient (Wildman–Crippen LogP) is 3.96. The van der Waals surface area contributed by atoms with Crippen LogP contribution in [0.1, 0.15) is 37.8 Å². The molecule has 0 bridgehead atoms. The second kappa shape index (κ2) is 6.03. The molecule has 78 valence electrons. The van der Waals surface area contributed by atoms with Crippen molar-refractivity contribution in [1.29, 1.82) is 5.26 Å². The van der Waals surface area contributed by atoms with Crippen LogP contribution < -0.4 is 0 Å². The number of nitriles is 1. The van der Waals surface area contributed by atoms with Gasteiger partial charge in [0.25, 0.3) is 0 Å². The third kappa shape index (κ3) is 3.25. The van der Waals surface area contributed by atoms with Crippen LogP contribution in [0.5, 0.6) is 0 Å². The third-order valence-corrected chi connectivity index (χ3v) is 2.49. The normalized spacial score (nSPS) is 11.1. The van der Waals surface area contributed by atoms with Gasteiger partial charge in [-0.05, 0) is 30.9 Å². The molecule has 1 rings (SSSR count). The third-order valence-electron chi connectivity index (χ3n) is 2.49. The van der Waals surface area contributed by atoms with E-state index in [1.165, 1.54) is 18.4 Å². The van der Waals surface area contributed by atoms with Gasteiger partial charge >= 0.3 is 0 Å². The van der Waals surface area contributed by atoms with Gasteiger partial charge in [-0.25, -0.2) is 0 Å². The summed E-state index contributed by atoms with van der Waals surface area (Å²) in [4.78, 5) is 0. The number of aryl methyl sites for hydroxylation is 1. The molecule has 1 aromatic rings. The van der Waals surface area contributed by atoms with Crippen molar-refractivity contribution in [1.82, 2.24) is 0 Å². The summed E-state index contributed by atoms with van der Waals surface area (Å²) in [6.45, 7) is 4.09. The number of hydrogen-bond acceptors (Lipinski definition) is 1. The smallest absolute Gasteiger partial charge is 0.0994 e. The Hall–Kier alpha value is -1.55. The van der Waals surface area contributed by atoms with Gasteiger partial charge in [-0.15, -0.1) is 0 Å². The molecule has 0 radical (unpaired) electrons. The van der Waals surface area contributed by atoms with Crippen LogP contribution >= 0.6 is 0 Å². The van der Waals surface area contributed by atoms with E-state index in [1.807, 2.05) is 25.1 Å². The van der Waals surface area contributed by atoms with Crippen LogP contribution in [0.15, 0.2) is 30.3 Å². The minimum Gasteiger partial charge on any atom is -0.192 e. The number of nitrogens with zero attached hydrogens (tertiary/aromatic N) is 1. The molecular formula is C14H17N.